The van der Waals surface area contributed by atoms with Crippen molar-refractivity contribution in [2.24, 2.45) is 0 Å². The molecular weight excluding hydrogens is 1130 g/mol. The van der Waals surface area contributed by atoms with E-state index in [2.05, 4.69) is 189 Å². The van der Waals surface area contributed by atoms with Crippen LogP contribution in [-0.4, -0.2) is 6.26 Å². The summed E-state index contributed by atoms with van der Waals surface area (Å²) < 4.78 is 0. The lowest BCUT2D eigenvalue weighted by Crippen LogP contribution is -1.85. The van der Waals surface area contributed by atoms with Gasteiger partial charge in [0, 0.05) is 80.5 Å². The standard InChI is InChI=1S/C57H60S14/c1-59-31-45-6-8-47(9-7-45)33-61-63-35-49-14-16-51(17-15-49)37-65-67-39-53-22-24-55(25-23-53)41-69-71-43-57-28-26-56(27-29-57)42-70-68-40-54-20-18-52(19-21-54)38-66-64-36-50-12-10-48(11-13-50)34-62-60-32-46-4-2-44(30-58)3-5-46/h2-29,58H,30-43H2,1H3. The molecule has 0 nitrogen and oxygen atoms in total. The Labute approximate surface area is 482 Å². The van der Waals surface area contributed by atoms with Gasteiger partial charge in [-0.05, 0) is 84.1 Å². The maximum atomic E-state index is 4.35. The van der Waals surface area contributed by atoms with Crippen LogP contribution in [0.1, 0.15) is 77.9 Å². The minimum absolute atomic E-state index is 0.799. The average molecular weight is 1190 g/mol. The van der Waals surface area contributed by atoms with Gasteiger partial charge in [-0.25, -0.2) is 0 Å². The van der Waals surface area contributed by atoms with Gasteiger partial charge in [-0.1, -0.05) is 299 Å². The third-order valence-corrected chi connectivity index (χ3v) is 25.5. The van der Waals surface area contributed by atoms with Crippen molar-refractivity contribution in [1.82, 2.24) is 0 Å². The minimum Gasteiger partial charge on any atom is -0.175 e. The summed E-state index contributed by atoms with van der Waals surface area (Å²) in [4.78, 5) is 0. The molecule has 0 aliphatic carbocycles. The van der Waals surface area contributed by atoms with Crippen molar-refractivity contribution in [1.29, 1.82) is 0 Å². The molecule has 0 aliphatic heterocycles. The smallest absolute Gasteiger partial charge is 0.0288 e. The zero-order valence-corrected chi connectivity index (χ0v) is 51.3. The van der Waals surface area contributed by atoms with E-state index in [0.717, 1.165) is 80.5 Å². The quantitative estimate of drug-likeness (QED) is 0.0236. The average Bonchev–Trinajstić information content (AvgIpc) is 3.42. The van der Waals surface area contributed by atoms with Crippen LogP contribution in [0.2, 0.25) is 0 Å². The van der Waals surface area contributed by atoms with E-state index in [4.69, 9.17) is 0 Å². The Kier molecular flexibility index (Phi) is 28.6. The zero-order chi connectivity index (χ0) is 49.0. The van der Waals surface area contributed by atoms with Gasteiger partial charge in [0.25, 0.3) is 0 Å². The molecule has 0 radical (unpaired) electrons. The van der Waals surface area contributed by atoms with Crippen molar-refractivity contribution in [2.45, 2.75) is 80.5 Å². The van der Waals surface area contributed by atoms with Gasteiger partial charge in [0.15, 0.2) is 0 Å². The van der Waals surface area contributed by atoms with Crippen molar-refractivity contribution < 1.29 is 0 Å². The van der Waals surface area contributed by atoms with E-state index in [9.17, 15) is 0 Å². The van der Waals surface area contributed by atoms with Gasteiger partial charge in [-0.3, -0.25) is 0 Å². The summed E-state index contributed by atoms with van der Waals surface area (Å²) in [7, 11) is 23.4. The molecule has 14 heteroatoms. The second-order valence-corrected chi connectivity index (χ2v) is 32.4. The molecule has 0 aliphatic rings. The van der Waals surface area contributed by atoms with Gasteiger partial charge in [-0.2, -0.15) is 24.4 Å². The first-order valence-electron chi connectivity index (χ1n) is 23.2. The summed E-state index contributed by atoms with van der Waals surface area (Å²) in [6, 6.07) is 63.9. The van der Waals surface area contributed by atoms with Crippen molar-refractivity contribution in [2.75, 3.05) is 6.26 Å². The van der Waals surface area contributed by atoms with Crippen LogP contribution in [0.25, 0.3) is 0 Å². The summed E-state index contributed by atoms with van der Waals surface area (Å²) >= 11 is 6.23. The van der Waals surface area contributed by atoms with Crippen LogP contribution >= 0.6 is 154 Å². The molecule has 0 saturated heterocycles. The number of thiol groups is 1. The van der Waals surface area contributed by atoms with Gasteiger partial charge in [-0.15, -0.1) is 0 Å². The van der Waals surface area contributed by atoms with Crippen LogP contribution in [0, 0.1) is 0 Å². The van der Waals surface area contributed by atoms with E-state index in [1.54, 1.807) is 0 Å². The van der Waals surface area contributed by atoms with Gasteiger partial charge >= 0.3 is 0 Å². The van der Waals surface area contributed by atoms with Gasteiger partial charge in [0.2, 0.25) is 0 Å². The number of rotatable bonds is 33. The lowest BCUT2D eigenvalue weighted by Gasteiger charge is -2.07. The molecule has 0 saturated carbocycles. The summed E-state index contributed by atoms with van der Waals surface area (Å²) in [5, 5.41) is 0. The fourth-order valence-corrected chi connectivity index (χ4v) is 20.2. The first-order chi connectivity index (χ1) is 35.1. The van der Waals surface area contributed by atoms with Crippen molar-refractivity contribution in [3.63, 3.8) is 0 Å². The molecule has 0 fully saturated rings. The minimum atomic E-state index is 0.799. The van der Waals surface area contributed by atoms with Crippen molar-refractivity contribution in [3.05, 3.63) is 248 Å². The summed E-state index contributed by atoms with van der Waals surface area (Å²) in [5.74, 6) is 14.3. The van der Waals surface area contributed by atoms with E-state index in [-0.39, 0.29) is 0 Å². The summed E-state index contributed by atoms with van der Waals surface area (Å²) in [6.45, 7) is 0. The number of benzene rings is 7. The molecule has 0 atom stereocenters. The maximum absolute atomic E-state index is 4.35. The van der Waals surface area contributed by atoms with Crippen LogP contribution in [-0.2, 0) is 80.5 Å². The fraction of sp³-hybridized carbons (Fsp3) is 0.263. The third-order valence-electron chi connectivity index (χ3n) is 10.9. The number of hydrogen-bond acceptors (Lipinski definition) is 14. The normalized spacial score (nSPS) is 11.4. The van der Waals surface area contributed by atoms with E-state index >= 15 is 0 Å². The fourth-order valence-electron chi connectivity index (χ4n) is 6.61. The van der Waals surface area contributed by atoms with Gasteiger partial charge in [0.05, 0.1) is 0 Å². The molecule has 7 aromatic rings. The highest BCUT2D eigenvalue weighted by Crippen LogP contribution is 2.36. The van der Waals surface area contributed by atoms with Crippen LogP contribution < -0.4 is 0 Å². The highest BCUT2D eigenvalue weighted by atomic mass is 33.1. The van der Waals surface area contributed by atoms with E-state index in [1.165, 1.54) is 77.9 Å². The molecule has 0 amide bonds. The van der Waals surface area contributed by atoms with Crippen LogP contribution in [0.3, 0.4) is 0 Å². The van der Waals surface area contributed by atoms with E-state index in [0.29, 0.717) is 0 Å². The molecule has 0 unspecified atom stereocenters. The van der Waals surface area contributed by atoms with Crippen LogP contribution in [0.15, 0.2) is 170 Å². The molecule has 0 bridgehead atoms. The lowest BCUT2D eigenvalue weighted by molar-refractivity contribution is 1.34. The zero-order valence-electron chi connectivity index (χ0n) is 39.8. The first-order valence-corrected chi connectivity index (χ1v) is 40.1. The van der Waals surface area contributed by atoms with Crippen molar-refractivity contribution >= 4 is 154 Å². The molecule has 372 valence electrons. The largest absolute Gasteiger partial charge is 0.175 e. The molecule has 0 aromatic heterocycles. The highest BCUT2D eigenvalue weighted by molar-refractivity contribution is 8.77. The Bertz CT molecular complexity index is 2500. The number of hydrogen-bond donors (Lipinski definition) is 1. The molecule has 7 aromatic carbocycles. The molecular formula is C57H60S14. The van der Waals surface area contributed by atoms with Crippen LogP contribution in [0.4, 0.5) is 0 Å². The Hall–Kier alpha value is -0.560. The maximum Gasteiger partial charge on any atom is 0.0288 e. The first kappa shape index (κ1) is 58.1. The topological polar surface area (TPSA) is 0 Å². The van der Waals surface area contributed by atoms with Crippen LogP contribution in [0.5, 0.6) is 0 Å². The van der Waals surface area contributed by atoms with E-state index < -0.39 is 0 Å². The molecule has 7 rings (SSSR count). The monoisotopic (exact) mass is 1190 g/mol. The number of thioether (sulfide) groups is 1. The lowest BCUT2D eigenvalue weighted by atomic mass is 10.2. The third kappa shape index (κ3) is 23.3. The van der Waals surface area contributed by atoms with Gasteiger partial charge in [0.1, 0.15) is 0 Å². The SMILES string of the molecule is CSCc1ccc(CSSCc2ccc(CSSCc3ccc(CSSCc4ccc(CSSCc5ccc(CSSCc6ccc(CSSCc7ccc(CS)cc7)cc6)cc5)cc4)cc3)cc2)cc1. The van der Waals surface area contributed by atoms with Gasteiger partial charge < -0.3 is 0 Å². The molecule has 0 N–H and O–H groups in total. The Morgan fingerprint density at radius 2 is 0.310 bits per heavy atom. The molecule has 0 heterocycles. The summed E-state index contributed by atoms with van der Waals surface area (Å²) in [6.07, 6.45) is 2.16. The predicted molar refractivity (Wildman–Crippen MR) is 351 cm³/mol. The van der Waals surface area contributed by atoms with E-state index in [1.807, 2.05) is 141 Å². The predicted octanol–water partition coefficient (Wildman–Crippen LogP) is 21.5. The Morgan fingerprint density at radius 3 is 0.423 bits per heavy atom. The second kappa shape index (κ2) is 35.0. The van der Waals surface area contributed by atoms with Crippen molar-refractivity contribution in [3.8, 4) is 0 Å². The molecule has 71 heavy (non-hydrogen) atoms. The Balaban J connectivity index is 0.665. The summed E-state index contributed by atoms with van der Waals surface area (Å²) in [5.41, 5.74) is 19.4. The highest BCUT2D eigenvalue weighted by Gasteiger charge is 2.05. The Morgan fingerprint density at radius 1 is 0.197 bits per heavy atom. The second-order valence-electron chi connectivity index (χ2n) is 16.5. The molecule has 0 spiro atoms.